The normalized spacial score (nSPS) is 11.1. The SMILES string of the molecule is O=C(O)c1c(Cl)cccc1NS(=O)(=O)c1ccc(F)cc1. The zero-order chi connectivity index (χ0) is 15.6. The maximum atomic E-state index is 12.8. The third-order valence-electron chi connectivity index (χ3n) is 2.60. The Morgan fingerprint density at radius 2 is 1.76 bits per heavy atom. The topological polar surface area (TPSA) is 83.5 Å². The minimum Gasteiger partial charge on any atom is -0.478 e. The van der Waals surface area contributed by atoms with Crippen LogP contribution in [0.2, 0.25) is 5.02 Å². The molecule has 0 saturated carbocycles. The van der Waals surface area contributed by atoms with Gasteiger partial charge in [-0.2, -0.15) is 0 Å². The van der Waals surface area contributed by atoms with Crippen molar-refractivity contribution >= 4 is 33.3 Å². The predicted octanol–water partition coefficient (Wildman–Crippen LogP) is 2.98. The molecule has 0 amide bonds. The number of rotatable bonds is 4. The van der Waals surface area contributed by atoms with Crippen molar-refractivity contribution in [1.82, 2.24) is 0 Å². The van der Waals surface area contributed by atoms with Crippen LogP contribution in [0.25, 0.3) is 0 Å². The first-order chi connectivity index (χ1) is 9.81. The van der Waals surface area contributed by atoms with E-state index in [2.05, 4.69) is 4.72 Å². The standard InChI is InChI=1S/C13H9ClFNO4S/c14-10-2-1-3-11(12(10)13(17)18)16-21(19,20)9-6-4-8(15)5-7-9/h1-7,16H,(H,17,18). The molecule has 0 spiro atoms. The van der Waals surface area contributed by atoms with Crippen molar-refractivity contribution in [2.24, 2.45) is 0 Å². The summed E-state index contributed by atoms with van der Waals surface area (Å²) in [4.78, 5) is 10.9. The van der Waals surface area contributed by atoms with Crippen molar-refractivity contribution in [2.75, 3.05) is 4.72 Å². The van der Waals surface area contributed by atoms with Gasteiger partial charge in [-0.05, 0) is 36.4 Å². The zero-order valence-electron chi connectivity index (χ0n) is 10.4. The minimum atomic E-state index is -4.04. The average molecular weight is 330 g/mol. The van der Waals surface area contributed by atoms with Gasteiger partial charge in [-0.3, -0.25) is 4.72 Å². The number of aromatic carboxylic acids is 1. The van der Waals surface area contributed by atoms with E-state index in [1.165, 1.54) is 18.2 Å². The molecule has 0 radical (unpaired) electrons. The van der Waals surface area contributed by atoms with Gasteiger partial charge in [-0.15, -0.1) is 0 Å². The van der Waals surface area contributed by atoms with E-state index in [4.69, 9.17) is 16.7 Å². The Kier molecular flexibility index (Phi) is 4.15. The molecule has 0 aliphatic carbocycles. The van der Waals surface area contributed by atoms with E-state index in [0.29, 0.717) is 0 Å². The Morgan fingerprint density at radius 1 is 1.14 bits per heavy atom. The van der Waals surface area contributed by atoms with Crippen LogP contribution in [0.4, 0.5) is 10.1 Å². The Morgan fingerprint density at radius 3 is 2.33 bits per heavy atom. The highest BCUT2D eigenvalue weighted by molar-refractivity contribution is 7.92. The highest BCUT2D eigenvalue weighted by atomic mass is 35.5. The van der Waals surface area contributed by atoms with Crippen molar-refractivity contribution in [3.05, 3.63) is 58.9 Å². The molecule has 2 rings (SSSR count). The molecule has 110 valence electrons. The number of sulfonamides is 1. The predicted molar refractivity (Wildman–Crippen MR) is 75.6 cm³/mol. The van der Waals surface area contributed by atoms with Gasteiger partial charge in [0.15, 0.2) is 0 Å². The summed E-state index contributed by atoms with van der Waals surface area (Å²) in [5.41, 5.74) is -0.524. The van der Waals surface area contributed by atoms with Crippen LogP contribution >= 0.6 is 11.6 Å². The minimum absolute atomic E-state index is 0.0955. The van der Waals surface area contributed by atoms with Gasteiger partial charge in [0, 0.05) is 0 Å². The summed E-state index contributed by atoms with van der Waals surface area (Å²) in [7, 11) is -4.04. The van der Waals surface area contributed by atoms with Gasteiger partial charge in [0.25, 0.3) is 10.0 Å². The molecule has 0 aromatic heterocycles. The van der Waals surface area contributed by atoms with E-state index in [9.17, 15) is 17.6 Å². The number of carbonyl (C=O) groups is 1. The van der Waals surface area contributed by atoms with Crippen LogP contribution in [0.5, 0.6) is 0 Å². The number of hydrogen-bond acceptors (Lipinski definition) is 3. The Labute approximate surface area is 125 Å². The van der Waals surface area contributed by atoms with Crippen LogP contribution in [0.1, 0.15) is 10.4 Å². The van der Waals surface area contributed by atoms with E-state index in [1.54, 1.807) is 0 Å². The van der Waals surface area contributed by atoms with Gasteiger partial charge < -0.3 is 5.11 Å². The highest BCUT2D eigenvalue weighted by Crippen LogP contribution is 2.26. The second kappa shape index (κ2) is 5.71. The molecule has 2 aromatic carbocycles. The fourth-order valence-corrected chi connectivity index (χ4v) is 2.97. The molecule has 2 N–H and O–H groups in total. The van der Waals surface area contributed by atoms with Crippen LogP contribution < -0.4 is 4.72 Å². The second-order valence-corrected chi connectivity index (χ2v) is 6.12. The third kappa shape index (κ3) is 3.32. The molecule has 0 saturated heterocycles. The fraction of sp³-hybridized carbons (Fsp3) is 0. The van der Waals surface area contributed by atoms with E-state index in [-0.39, 0.29) is 21.2 Å². The maximum Gasteiger partial charge on any atom is 0.339 e. The van der Waals surface area contributed by atoms with Gasteiger partial charge >= 0.3 is 5.97 Å². The lowest BCUT2D eigenvalue weighted by molar-refractivity contribution is 0.0698. The molecule has 0 aliphatic heterocycles. The molecule has 0 fully saturated rings. The number of benzene rings is 2. The number of halogens is 2. The molecule has 0 aliphatic rings. The molecule has 2 aromatic rings. The third-order valence-corrected chi connectivity index (χ3v) is 4.29. The molecular weight excluding hydrogens is 321 g/mol. The molecule has 0 atom stereocenters. The molecule has 0 bridgehead atoms. The highest BCUT2D eigenvalue weighted by Gasteiger charge is 2.20. The van der Waals surface area contributed by atoms with Crippen LogP contribution in [0.15, 0.2) is 47.4 Å². The van der Waals surface area contributed by atoms with E-state index in [0.717, 1.165) is 24.3 Å². The fourth-order valence-electron chi connectivity index (χ4n) is 1.64. The van der Waals surface area contributed by atoms with Gasteiger partial charge in [0.1, 0.15) is 11.4 Å². The average Bonchev–Trinajstić information content (AvgIpc) is 2.38. The summed E-state index contributed by atoms with van der Waals surface area (Å²) in [5.74, 6) is -1.94. The molecule has 5 nitrogen and oxygen atoms in total. The summed E-state index contributed by atoms with van der Waals surface area (Å²) in [6.07, 6.45) is 0. The van der Waals surface area contributed by atoms with Crippen LogP contribution in [-0.2, 0) is 10.0 Å². The van der Waals surface area contributed by atoms with Crippen molar-refractivity contribution in [3.8, 4) is 0 Å². The van der Waals surface area contributed by atoms with E-state index in [1.807, 2.05) is 0 Å². The van der Waals surface area contributed by atoms with Crippen molar-refractivity contribution in [1.29, 1.82) is 0 Å². The molecule has 0 heterocycles. The lowest BCUT2D eigenvalue weighted by Gasteiger charge is -2.11. The first kappa shape index (κ1) is 15.3. The van der Waals surface area contributed by atoms with Crippen LogP contribution in [-0.4, -0.2) is 19.5 Å². The summed E-state index contributed by atoms with van der Waals surface area (Å²) in [6, 6.07) is 8.15. The van der Waals surface area contributed by atoms with E-state index >= 15 is 0 Å². The number of anilines is 1. The lowest BCUT2D eigenvalue weighted by Crippen LogP contribution is -2.15. The Hall–Kier alpha value is -2.12. The van der Waals surface area contributed by atoms with Gasteiger partial charge in [0.2, 0.25) is 0 Å². The summed E-state index contributed by atoms with van der Waals surface area (Å²) < 4.78 is 39.2. The first-order valence-corrected chi connectivity index (χ1v) is 7.47. The Bertz CT molecular complexity index is 790. The second-order valence-electron chi connectivity index (χ2n) is 4.03. The lowest BCUT2D eigenvalue weighted by atomic mass is 10.2. The largest absolute Gasteiger partial charge is 0.478 e. The smallest absolute Gasteiger partial charge is 0.339 e. The molecule has 21 heavy (non-hydrogen) atoms. The molecule has 0 unspecified atom stereocenters. The van der Waals surface area contributed by atoms with Crippen molar-refractivity contribution < 1.29 is 22.7 Å². The maximum absolute atomic E-state index is 12.8. The summed E-state index contributed by atoms with van der Waals surface area (Å²) in [6.45, 7) is 0. The summed E-state index contributed by atoms with van der Waals surface area (Å²) in [5, 5.41) is 8.99. The van der Waals surface area contributed by atoms with Crippen molar-refractivity contribution in [3.63, 3.8) is 0 Å². The zero-order valence-corrected chi connectivity index (χ0v) is 12.0. The van der Waals surface area contributed by atoms with Gasteiger partial charge in [0.05, 0.1) is 15.6 Å². The van der Waals surface area contributed by atoms with Gasteiger partial charge in [-0.1, -0.05) is 17.7 Å². The number of carboxylic acids is 1. The molecule has 8 heteroatoms. The Balaban J connectivity index is 2.44. The number of hydrogen-bond donors (Lipinski definition) is 2. The van der Waals surface area contributed by atoms with Crippen molar-refractivity contribution in [2.45, 2.75) is 4.90 Å². The monoisotopic (exact) mass is 329 g/mol. The quantitative estimate of drug-likeness (QED) is 0.903. The van der Waals surface area contributed by atoms with Gasteiger partial charge in [-0.25, -0.2) is 17.6 Å². The summed E-state index contributed by atoms with van der Waals surface area (Å²) >= 11 is 5.75. The van der Waals surface area contributed by atoms with Crippen LogP contribution in [0, 0.1) is 5.82 Å². The first-order valence-electron chi connectivity index (χ1n) is 5.61. The number of nitrogens with one attached hydrogen (secondary N) is 1. The number of carboxylic acid groups (broad SMARTS) is 1. The molecular formula is C13H9ClFNO4S. The van der Waals surface area contributed by atoms with E-state index < -0.39 is 21.8 Å². The van der Waals surface area contributed by atoms with Crippen LogP contribution in [0.3, 0.4) is 0 Å².